The number of ketones is 2. The Morgan fingerprint density at radius 1 is 1.19 bits per heavy atom. The number of aliphatic carboxylic acids is 1. The molecule has 0 aromatic heterocycles. The molecule has 0 aromatic rings. The molecule has 1 fully saturated rings. The summed E-state index contributed by atoms with van der Waals surface area (Å²) < 4.78 is 0. The lowest BCUT2D eigenvalue weighted by atomic mass is 9.54. The Morgan fingerprint density at radius 2 is 1.85 bits per heavy atom. The highest BCUT2D eigenvalue weighted by molar-refractivity contribution is 6.02. The molecule has 0 heterocycles. The van der Waals surface area contributed by atoms with E-state index in [2.05, 4.69) is 13.8 Å². The third kappa shape index (κ3) is 4.35. The van der Waals surface area contributed by atoms with E-state index in [1.165, 1.54) is 0 Å². The maximum absolute atomic E-state index is 13.2. The Labute approximate surface area is 163 Å². The molecule has 27 heavy (non-hydrogen) atoms. The molecule has 0 amide bonds. The molecule has 0 radical (unpaired) electrons. The van der Waals surface area contributed by atoms with E-state index >= 15 is 0 Å². The number of Topliss-reactive ketones (excluding diaryl/α,β-unsaturated/α-hetero) is 2. The smallest absolute Gasteiger partial charge is 0.306 e. The van der Waals surface area contributed by atoms with Crippen molar-refractivity contribution in [1.82, 2.24) is 0 Å². The fourth-order valence-corrected chi connectivity index (χ4v) is 5.56. The van der Waals surface area contributed by atoms with Gasteiger partial charge in [0.15, 0.2) is 5.78 Å². The molecule has 1 saturated carbocycles. The summed E-state index contributed by atoms with van der Waals surface area (Å²) in [7, 11) is 0. The van der Waals surface area contributed by atoms with E-state index in [1.807, 2.05) is 20.8 Å². The van der Waals surface area contributed by atoms with Crippen molar-refractivity contribution in [1.29, 1.82) is 0 Å². The van der Waals surface area contributed by atoms with Crippen molar-refractivity contribution in [2.24, 2.45) is 35.5 Å². The Hall–Kier alpha value is -1.45. The second kappa shape index (κ2) is 9.16. The summed E-state index contributed by atoms with van der Waals surface area (Å²) in [6, 6.07) is 0. The highest BCUT2D eigenvalue weighted by atomic mass is 16.4. The van der Waals surface area contributed by atoms with Crippen LogP contribution in [0, 0.1) is 35.5 Å². The summed E-state index contributed by atoms with van der Waals surface area (Å²) in [5.41, 5.74) is 1.70. The van der Waals surface area contributed by atoms with Crippen molar-refractivity contribution in [2.45, 2.75) is 79.6 Å². The summed E-state index contributed by atoms with van der Waals surface area (Å²) in [6.07, 6.45) is 5.55. The monoisotopic (exact) mass is 376 g/mol. The molecule has 1 N–H and O–H groups in total. The van der Waals surface area contributed by atoms with E-state index in [0.29, 0.717) is 19.3 Å². The molecular formula is C23H36O4. The van der Waals surface area contributed by atoms with Crippen molar-refractivity contribution in [3.8, 4) is 0 Å². The number of fused-ring (bicyclic) bond motifs is 1. The summed E-state index contributed by atoms with van der Waals surface area (Å²) in [6.45, 7) is 10.1. The minimum Gasteiger partial charge on any atom is -0.481 e. The Bertz CT molecular complexity index is 618. The Balaban J connectivity index is 2.57. The van der Waals surface area contributed by atoms with Crippen molar-refractivity contribution in [3.05, 3.63) is 11.1 Å². The van der Waals surface area contributed by atoms with Gasteiger partial charge in [-0.15, -0.1) is 0 Å². The zero-order valence-corrected chi connectivity index (χ0v) is 17.6. The number of unbranched alkanes of at least 4 members (excludes halogenated alkanes) is 1. The average molecular weight is 377 g/mol. The fourth-order valence-electron chi connectivity index (χ4n) is 5.56. The zero-order valence-electron chi connectivity index (χ0n) is 17.6. The van der Waals surface area contributed by atoms with Crippen LogP contribution in [0.5, 0.6) is 0 Å². The first kappa shape index (κ1) is 21.8. The van der Waals surface area contributed by atoms with Gasteiger partial charge in [-0.2, -0.15) is 0 Å². The molecule has 2 aliphatic rings. The number of hydrogen-bond donors (Lipinski definition) is 1. The predicted molar refractivity (Wildman–Crippen MR) is 106 cm³/mol. The minimum absolute atomic E-state index is 0.0942. The number of carbonyl (C=O) groups is 3. The first-order valence-corrected chi connectivity index (χ1v) is 10.7. The lowest BCUT2D eigenvalue weighted by Gasteiger charge is -2.47. The quantitative estimate of drug-likeness (QED) is 0.643. The maximum atomic E-state index is 13.2. The zero-order chi connectivity index (χ0) is 20.3. The summed E-state index contributed by atoms with van der Waals surface area (Å²) in [5, 5.41) is 9.90. The van der Waals surface area contributed by atoms with Gasteiger partial charge >= 0.3 is 5.97 Å². The van der Waals surface area contributed by atoms with Crippen LogP contribution in [-0.4, -0.2) is 22.6 Å². The van der Waals surface area contributed by atoms with E-state index < -0.39 is 17.8 Å². The molecule has 6 atom stereocenters. The largest absolute Gasteiger partial charge is 0.481 e. The Morgan fingerprint density at radius 3 is 2.41 bits per heavy atom. The van der Waals surface area contributed by atoms with Crippen LogP contribution in [0.3, 0.4) is 0 Å². The number of allylic oxidation sites excluding steroid dienone is 2. The van der Waals surface area contributed by atoms with Gasteiger partial charge in [0.05, 0.1) is 5.92 Å². The first-order valence-electron chi connectivity index (χ1n) is 10.7. The molecule has 2 rings (SSSR count). The molecule has 0 saturated heterocycles. The van der Waals surface area contributed by atoms with E-state index in [0.717, 1.165) is 36.8 Å². The molecule has 0 aliphatic heterocycles. The maximum Gasteiger partial charge on any atom is 0.306 e. The van der Waals surface area contributed by atoms with Gasteiger partial charge in [-0.05, 0) is 55.9 Å². The van der Waals surface area contributed by atoms with Gasteiger partial charge in [-0.3, -0.25) is 14.4 Å². The molecule has 0 spiro atoms. The second-order valence-corrected chi connectivity index (χ2v) is 8.89. The van der Waals surface area contributed by atoms with Gasteiger partial charge < -0.3 is 5.11 Å². The number of rotatable bonds is 8. The van der Waals surface area contributed by atoms with E-state index in [1.54, 1.807) is 0 Å². The average Bonchev–Trinajstić information content (AvgIpc) is 2.62. The topological polar surface area (TPSA) is 71.4 Å². The number of hydrogen-bond acceptors (Lipinski definition) is 3. The van der Waals surface area contributed by atoms with Crippen molar-refractivity contribution < 1.29 is 19.5 Å². The lowest BCUT2D eigenvalue weighted by Crippen LogP contribution is -2.50. The minimum atomic E-state index is -0.848. The standard InChI is InChI=1S/C23H36O4/c1-6-8-10-14(4)19-15(5)22(25)16-11-13(3)12-17(23(26)27)20(16)21(19)18(24)9-7-2/h13-14,16-17,20-21H,6-12H2,1-5H3,(H,26,27)/t13-,14+,16+,17-,20-,21?/m0/s1. The van der Waals surface area contributed by atoms with Crippen molar-refractivity contribution in [2.75, 3.05) is 0 Å². The van der Waals surface area contributed by atoms with E-state index in [-0.39, 0.29) is 35.2 Å². The molecule has 152 valence electrons. The molecule has 1 unspecified atom stereocenters. The van der Waals surface area contributed by atoms with Crippen LogP contribution < -0.4 is 0 Å². The number of carboxylic acid groups (broad SMARTS) is 1. The van der Waals surface area contributed by atoms with Crippen LogP contribution >= 0.6 is 0 Å². The fraction of sp³-hybridized carbons (Fsp3) is 0.783. The summed E-state index contributed by atoms with van der Waals surface area (Å²) >= 11 is 0. The van der Waals surface area contributed by atoms with Crippen LogP contribution in [0.1, 0.15) is 79.6 Å². The van der Waals surface area contributed by atoms with Crippen molar-refractivity contribution >= 4 is 17.5 Å². The van der Waals surface area contributed by atoms with Gasteiger partial charge in [-0.25, -0.2) is 0 Å². The molecule has 4 nitrogen and oxygen atoms in total. The van der Waals surface area contributed by atoms with Crippen LogP contribution in [-0.2, 0) is 14.4 Å². The third-order valence-electron chi connectivity index (χ3n) is 6.78. The molecule has 0 aromatic carbocycles. The number of carbonyl (C=O) groups excluding carboxylic acids is 2. The first-order chi connectivity index (χ1) is 12.7. The SMILES string of the molecule is CCCC[C@@H](C)C1=C(C)C(=O)[C@@H]2C[C@H](C)C[C@H](C(=O)O)[C@H]2C1C(=O)CCC. The number of carboxylic acids is 1. The Kier molecular flexibility index (Phi) is 7.41. The van der Waals surface area contributed by atoms with Crippen LogP contribution in [0.4, 0.5) is 0 Å². The summed E-state index contributed by atoms with van der Waals surface area (Å²) in [5.74, 6) is -1.95. The predicted octanol–water partition coefficient (Wildman–Crippen LogP) is 5.06. The van der Waals surface area contributed by atoms with E-state index in [9.17, 15) is 19.5 Å². The normalized spacial score (nSPS) is 32.2. The van der Waals surface area contributed by atoms with E-state index in [4.69, 9.17) is 0 Å². The van der Waals surface area contributed by atoms with Gasteiger partial charge in [-0.1, -0.05) is 46.1 Å². The van der Waals surface area contributed by atoms with Crippen molar-refractivity contribution in [3.63, 3.8) is 0 Å². The van der Waals surface area contributed by atoms with Gasteiger partial charge in [0.1, 0.15) is 5.78 Å². The molecule has 2 aliphatic carbocycles. The highest BCUT2D eigenvalue weighted by Crippen LogP contribution is 2.51. The molecule has 0 bridgehead atoms. The molecule has 4 heteroatoms. The van der Waals surface area contributed by atoms with Gasteiger partial charge in [0.2, 0.25) is 0 Å². The van der Waals surface area contributed by atoms with Crippen LogP contribution in [0.15, 0.2) is 11.1 Å². The van der Waals surface area contributed by atoms with Crippen LogP contribution in [0.25, 0.3) is 0 Å². The van der Waals surface area contributed by atoms with Gasteiger partial charge in [0.25, 0.3) is 0 Å². The molecular weight excluding hydrogens is 340 g/mol. The summed E-state index contributed by atoms with van der Waals surface area (Å²) in [4.78, 5) is 38.5. The van der Waals surface area contributed by atoms with Crippen LogP contribution in [0.2, 0.25) is 0 Å². The lowest BCUT2D eigenvalue weighted by molar-refractivity contribution is -0.151. The highest BCUT2D eigenvalue weighted by Gasteiger charge is 2.53. The second-order valence-electron chi connectivity index (χ2n) is 8.89. The third-order valence-corrected chi connectivity index (χ3v) is 6.78. The van der Waals surface area contributed by atoms with Gasteiger partial charge in [0, 0.05) is 18.3 Å².